The zero-order valence-electron chi connectivity index (χ0n) is 13.2. The normalized spacial score (nSPS) is 15.0. The van der Waals surface area contributed by atoms with E-state index in [1.54, 1.807) is 13.1 Å². The summed E-state index contributed by atoms with van der Waals surface area (Å²) in [6.07, 6.45) is 1.46. The molecule has 0 radical (unpaired) electrons. The van der Waals surface area contributed by atoms with Crippen molar-refractivity contribution in [2.45, 2.75) is 0 Å². The van der Waals surface area contributed by atoms with Gasteiger partial charge >= 0.3 is 0 Å². The molecule has 0 bridgehead atoms. The molecule has 2 N–H and O–H groups in total. The number of morpholine rings is 1. The Labute approximate surface area is 137 Å². The largest absolute Gasteiger partial charge is 0.378 e. The lowest BCUT2D eigenvalue weighted by atomic mass is 10.1. The smallest absolute Gasteiger partial charge is 0.161 e. The Morgan fingerprint density at radius 3 is 2.83 bits per heavy atom. The Kier molecular flexibility index (Phi) is 3.73. The van der Waals surface area contributed by atoms with E-state index < -0.39 is 0 Å². The van der Waals surface area contributed by atoms with E-state index in [0.717, 1.165) is 5.39 Å². The molecular formula is C16H17FN6O. The molecule has 1 aliphatic rings. The van der Waals surface area contributed by atoms with Crippen molar-refractivity contribution >= 4 is 22.5 Å². The summed E-state index contributed by atoms with van der Waals surface area (Å²) in [5, 5.41) is 10.9. The van der Waals surface area contributed by atoms with Gasteiger partial charge in [-0.05, 0) is 12.1 Å². The molecule has 3 aromatic rings. The van der Waals surface area contributed by atoms with E-state index in [1.807, 2.05) is 11.0 Å². The molecule has 1 aromatic carbocycles. The second-order valence-electron chi connectivity index (χ2n) is 5.53. The number of anilines is 2. The van der Waals surface area contributed by atoms with Crippen LogP contribution in [-0.4, -0.2) is 53.5 Å². The van der Waals surface area contributed by atoms with Crippen molar-refractivity contribution in [1.82, 2.24) is 20.2 Å². The number of hydrogen-bond donors (Lipinski definition) is 2. The Bertz CT molecular complexity index is 874. The fourth-order valence-corrected chi connectivity index (χ4v) is 2.97. The van der Waals surface area contributed by atoms with E-state index in [4.69, 9.17) is 4.74 Å². The topological polar surface area (TPSA) is 79.0 Å². The summed E-state index contributed by atoms with van der Waals surface area (Å²) >= 11 is 0. The number of ether oxygens (including phenoxy) is 1. The van der Waals surface area contributed by atoms with Gasteiger partial charge in [-0.3, -0.25) is 5.10 Å². The fourth-order valence-electron chi connectivity index (χ4n) is 2.97. The average molecular weight is 328 g/mol. The SMILES string of the molecule is CNc1ncnc2[nH]nc(-c3ccc(N4CCOCC4)c(F)c3)c12. The maximum Gasteiger partial charge on any atom is 0.161 e. The van der Waals surface area contributed by atoms with Gasteiger partial charge < -0.3 is 15.0 Å². The standard InChI is InChI=1S/C16H17FN6O/c1-18-15-13-14(21-22-16(13)20-9-19-15)10-2-3-12(11(17)8-10)23-4-6-24-7-5-23/h2-3,8-9H,4-7H2,1H3,(H2,18,19,20,21,22). The monoisotopic (exact) mass is 328 g/mol. The number of aromatic amines is 1. The number of nitrogens with zero attached hydrogens (tertiary/aromatic N) is 4. The molecule has 0 atom stereocenters. The van der Waals surface area contributed by atoms with Gasteiger partial charge in [-0.15, -0.1) is 0 Å². The third-order valence-electron chi connectivity index (χ3n) is 4.17. The first-order valence-corrected chi connectivity index (χ1v) is 7.77. The Morgan fingerprint density at radius 1 is 1.25 bits per heavy atom. The molecule has 7 nitrogen and oxygen atoms in total. The molecule has 124 valence electrons. The van der Waals surface area contributed by atoms with E-state index in [9.17, 15) is 4.39 Å². The van der Waals surface area contributed by atoms with Gasteiger partial charge in [-0.25, -0.2) is 14.4 Å². The average Bonchev–Trinajstić information content (AvgIpc) is 3.06. The maximum atomic E-state index is 14.6. The number of rotatable bonds is 3. The first kappa shape index (κ1) is 14.8. The molecule has 0 aliphatic carbocycles. The second-order valence-corrected chi connectivity index (χ2v) is 5.53. The molecule has 0 unspecified atom stereocenters. The number of benzene rings is 1. The lowest BCUT2D eigenvalue weighted by molar-refractivity contribution is 0.122. The van der Waals surface area contributed by atoms with Gasteiger partial charge in [0.1, 0.15) is 23.7 Å². The van der Waals surface area contributed by atoms with E-state index in [-0.39, 0.29) is 5.82 Å². The second kappa shape index (κ2) is 6.04. The molecular weight excluding hydrogens is 311 g/mol. The summed E-state index contributed by atoms with van der Waals surface area (Å²) in [6.45, 7) is 2.63. The number of nitrogens with one attached hydrogen (secondary N) is 2. The highest BCUT2D eigenvalue weighted by Crippen LogP contribution is 2.32. The number of hydrogen-bond acceptors (Lipinski definition) is 6. The zero-order chi connectivity index (χ0) is 16.5. The minimum Gasteiger partial charge on any atom is -0.378 e. The summed E-state index contributed by atoms with van der Waals surface area (Å²) < 4.78 is 20.0. The summed E-state index contributed by atoms with van der Waals surface area (Å²) in [5.41, 5.74) is 2.51. The highest BCUT2D eigenvalue weighted by atomic mass is 19.1. The van der Waals surface area contributed by atoms with Crippen LogP contribution in [0.3, 0.4) is 0 Å². The molecule has 24 heavy (non-hydrogen) atoms. The van der Waals surface area contributed by atoms with Crippen molar-refractivity contribution < 1.29 is 9.13 Å². The van der Waals surface area contributed by atoms with Gasteiger partial charge in [0, 0.05) is 25.7 Å². The van der Waals surface area contributed by atoms with Gasteiger partial charge in [-0.1, -0.05) is 6.07 Å². The molecule has 8 heteroatoms. The van der Waals surface area contributed by atoms with Crippen LogP contribution in [0.5, 0.6) is 0 Å². The van der Waals surface area contributed by atoms with Crippen molar-refractivity contribution in [3.63, 3.8) is 0 Å². The number of fused-ring (bicyclic) bond motifs is 1. The molecule has 4 rings (SSSR count). The number of H-pyrrole nitrogens is 1. The fraction of sp³-hybridized carbons (Fsp3) is 0.312. The van der Waals surface area contributed by atoms with Crippen molar-refractivity contribution in [3.8, 4) is 11.3 Å². The van der Waals surface area contributed by atoms with Crippen molar-refractivity contribution in [3.05, 3.63) is 30.3 Å². The first-order valence-electron chi connectivity index (χ1n) is 7.77. The maximum absolute atomic E-state index is 14.6. The number of aromatic nitrogens is 4. The highest BCUT2D eigenvalue weighted by molar-refractivity contribution is 5.98. The summed E-state index contributed by atoms with van der Waals surface area (Å²) in [5.74, 6) is 0.384. The van der Waals surface area contributed by atoms with Crippen LogP contribution in [0.1, 0.15) is 0 Å². The summed E-state index contributed by atoms with van der Waals surface area (Å²) in [6, 6.07) is 5.17. The quantitative estimate of drug-likeness (QED) is 0.766. The third kappa shape index (κ3) is 2.44. The van der Waals surface area contributed by atoms with Gasteiger partial charge in [0.25, 0.3) is 0 Å². The van der Waals surface area contributed by atoms with Gasteiger partial charge in [0.05, 0.1) is 24.3 Å². The molecule has 0 saturated carbocycles. The van der Waals surface area contributed by atoms with Crippen molar-refractivity contribution in [2.75, 3.05) is 43.6 Å². The molecule has 3 heterocycles. The van der Waals surface area contributed by atoms with Gasteiger partial charge in [0.2, 0.25) is 0 Å². The minimum absolute atomic E-state index is 0.270. The predicted octanol–water partition coefficient (Wildman–Crippen LogP) is 2.04. The lowest BCUT2D eigenvalue weighted by Gasteiger charge is -2.29. The molecule has 0 amide bonds. The predicted molar refractivity (Wildman–Crippen MR) is 89.7 cm³/mol. The first-order chi connectivity index (χ1) is 11.8. The van der Waals surface area contributed by atoms with Crippen LogP contribution in [0.15, 0.2) is 24.5 Å². The van der Waals surface area contributed by atoms with Crippen LogP contribution in [0.25, 0.3) is 22.3 Å². The molecule has 0 spiro atoms. The van der Waals surface area contributed by atoms with Gasteiger partial charge in [-0.2, -0.15) is 5.10 Å². The van der Waals surface area contributed by atoms with Crippen LogP contribution in [0.2, 0.25) is 0 Å². The van der Waals surface area contributed by atoms with Crippen LogP contribution in [0, 0.1) is 5.82 Å². The van der Waals surface area contributed by atoms with Crippen LogP contribution in [-0.2, 0) is 4.74 Å². The lowest BCUT2D eigenvalue weighted by Crippen LogP contribution is -2.36. The Balaban J connectivity index is 1.76. The Hall–Kier alpha value is -2.74. The van der Waals surface area contributed by atoms with Crippen molar-refractivity contribution in [2.24, 2.45) is 0 Å². The molecule has 2 aromatic heterocycles. The van der Waals surface area contributed by atoms with Crippen LogP contribution < -0.4 is 10.2 Å². The Morgan fingerprint density at radius 2 is 2.08 bits per heavy atom. The van der Waals surface area contributed by atoms with E-state index in [2.05, 4.69) is 25.5 Å². The van der Waals surface area contributed by atoms with E-state index >= 15 is 0 Å². The van der Waals surface area contributed by atoms with Crippen LogP contribution in [0.4, 0.5) is 15.9 Å². The van der Waals surface area contributed by atoms with E-state index in [1.165, 1.54) is 12.4 Å². The molecule has 1 aliphatic heterocycles. The van der Waals surface area contributed by atoms with Crippen LogP contribution >= 0.6 is 0 Å². The van der Waals surface area contributed by atoms with Gasteiger partial charge in [0.15, 0.2) is 5.65 Å². The minimum atomic E-state index is -0.270. The third-order valence-corrected chi connectivity index (χ3v) is 4.17. The zero-order valence-corrected chi connectivity index (χ0v) is 13.2. The van der Waals surface area contributed by atoms with E-state index in [0.29, 0.717) is 54.7 Å². The summed E-state index contributed by atoms with van der Waals surface area (Å²) in [4.78, 5) is 10.4. The van der Waals surface area contributed by atoms with Crippen molar-refractivity contribution in [1.29, 1.82) is 0 Å². The number of halogens is 1. The molecule has 1 fully saturated rings. The summed E-state index contributed by atoms with van der Waals surface area (Å²) in [7, 11) is 1.78. The molecule has 1 saturated heterocycles. The highest BCUT2D eigenvalue weighted by Gasteiger charge is 2.18.